The maximum Gasteiger partial charge on any atom is 0.191 e. The zero-order valence-electron chi connectivity index (χ0n) is 8.83. The van der Waals surface area contributed by atoms with Crippen molar-refractivity contribution in [2.24, 2.45) is 10.7 Å². The molecule has 0 bridgehead atoms. The lowest BCUT2D eigenvalue weighted by molar-refractivity contribution is 0.0674. The van der Waals surface area contributed by atoms with Crippen molar-refractivity contribution >= 4 is 29.9 Å². The van der Waals surface area contributed by atoms with E-state index in [-0.39, 0.29) is 24.0 Å². The van der Waals surface area contributed by atoms with E-state index in [1.807, 2.05) is 4.90 Å². The summed E-state index contributed by atoms with van der Waals surface area (Å²) in [5.41, 5.74) is 6.61. The Morgan fingerprint density at radius 2 is 2.25 bits per heavy atom. The molecule has 1 aliphatic heterocycles. The smallest absolute Gasteiger partial charge is 0.191 e. The second kappa shape index (κ2) is 6.69. The lowest BCUT2D eigenvalue weighted by atomic mass is 10.4. The van der Waals surface area contributed by atoms with Gasteiger partial charge >= 0.3 is 0 Å². The first kappa shape index (κ1) is 13.2. The number of hydrogen-bond acceptors (Lipinski definition) is 4. The highest BCUT2D eigenvalue weighted by molar-refractivity contribution is 14.0. The fourth-order valence-electron chi connectivity index (χ4n) is 1.37. The largest absolute Gasteiger partial charge is 0.378 e. The van der Waals surface area contributed by atoms with Gasteiger partial charge in [-0.3, -0.25) is 0 Å². The van der Waals surface area contributed by atoms with Crippen LogP contribution < -0.4 is 5.73 Å². The van der Waals surface area contributed by atoms with Gasteiger partial charge in [-0.05, 0) is 0 Å². The summed E-state index contributed by atoms with van der Waals surface area (Å²) < 4.78 is 9.92. The number of morpholine rings is 1. The third-order valence-electron chi connectivity index (χ3n) is 2.23. The average molecular weight is 338 g/mol. The zero-order chi connectivity index (χ0) is 10.5. The molecular formula is C9H15IN4O2. The van der Waals surface area contributed by atoms with Crippen LogP contribution in [0.1, 0.15) is 5.69 Å². The van der Waals surface area contributed by atoms with Gasteiger partial charge in [-0.15, -0.1) is 24.0 Å². The summed E-state index contributed by atoms with van der Waals surface area (Å²) >= 11 is 0. The van der Waals surface area contributed by atoms with Gasteiger partial charge in [0, 0.05) is 19.2 Å². The van der Waals surface area contributed by atoms with Gasteiger partial charge in [0.25, 0.3) is 0 Å². The highest BCUT2D eigenvalue weighted by Gasteiger charge is 2.11. The van der Waals surface area contributed by atoms with Crippen LogP contribution in [-0.4, -0.2) is 42.3 Å². The summed E-state index contributed by atoms with van der Waals surface area (Å²) in [6.07, 6.45) is 1.52. The van der Waals surface area contributed by atoms with E-state index < -0.39 is 0 Å². The molecule has 6 nitrogen and oxygen atoms in total. The molecule has 0 unspecified atom stereocenters. The van der Waals surface area contributed by atoms with E-state index in [1.54, 1.807) is 6.07 Å². The molecule has 2 rings (SSSR count). The SMILES string of the molecule is I.NC(=NCc1ccon1)N1CCOCC1. The van der Waals surface area contributed by atoms with Crippen molar-refractivity contribution < 1.29 is 9.26 Å². The van der Waals surface area contributed by atoms with Crippen LogP contribution in [0.2, 0.25) is 0 Å². The number of aromatic nitrogens is 1. The van der Waals surface area contributed by atoms with E-state index in [2.05, 4.69) is 10.1 Å². The highest BCUT2D eigenvalue weighted by Crippen LogP contribution is 1.99. The van der Waals surface area contributed by atoms with Crippen LogP contribution in [0.25, 0.3) is 0 Å². The summed E-state index contributed by atoms with van der Waals surface area (Å²) in [7, 11) is 0. The molecule has 1 fully saturated rings. The number of nitrogens with two attached hydrogens (primary N) is 1. The molecule has 0 saturated carbocycles. The van der Waals surface area contributed by atoms with E-state index in [0.717, 1.165) is 18.8 Å². The van der Waals surface area contributed by atoms with Gasteiger partial charge in [0.2, 0.25) is 0 Å². The monoisotopic (exact) mass is 338 g/mol. The molecule has 0 atom stereocenters. The number of halogens is 1. The van der Waals surface area contributed by atoms with Gasteiger partial charge in [-0.1, -0.05) is 5.16 Å². The molecule has 7 heteroatoms. The minimum absolute atomic E-state index is 0. The average Bonchev–Trinajstić information content (AvgIpc) is 2.80. The third-order valence-corrected chi connectivity index (χ3v) is 2.23. The van der Waals surface area contributed by atoms with E-state index in [1.165, 1.54) is 6.26 Å². The van der Waals surface area contributed by atoms with Gasteiger partial charge in [0.1, 0.15) is 12.0 Å². The van der Waals surface area contributed by atoms with Crippen LogP contribution >= 0.6 is 24.0 Å². The van der Waals surface area contributed by atoms with Gasteiger partial charge < -0.3 is 19.9 Å². The van der Waals surface area contributed by atoms with Gasteiger partial charge in [0.05, 0.1) is 19.8 Å². The number of rotatable bonds is 2. The molecular weight excluding hydrogens is 323 g/mol. The second-order valence-electron chi connectivity index (χ2n) is 3.26. The Hall–Kier alpha value is -0.830. The maximum atomic E-state index is 5.83. The lowest BCUT2D eigenvalue weighted by Crippen LogP contribution is -2.44. The first-order valence-electron chi connectivity index (χ1n) is 4.88. The quantitative estimate of drug-likeness (QED) is 0.481. The van der Waals surface area contributed by atoms with Gasteiger partial charge in [-0.2, -0.15) is 0 Å². The van der Waals surface area contributed by atoms with Crippen LogP contribution in [0.5, 0.6) is 0 Å². The molecule has 0 spiro atoms. The first-order valence-corrected chi connectivity index (χ1v) is 4.88. The minimum atomic E-state index is 0. The third kappa shape index (κ3) is 3.63. The summed E-state index contributed by atoms with van der Waals surface area (Å²) in [4.78, 5) is 6.24. The maximum absolute atomic E-state index is 5.83. The summed E-state index contributed by atoms with van der Waals surface area (Å²) in [6, 6.07) is 1.77. The molecule has 2 N–H and O–H groups in total. The second-order valence-corrected chi connectivity index (χ2v) is 3.26. The Kier molecular flexibility index (Phi) is 5.53. The van der Waals surface area contributed by atoms with Crippen molar-refractivity contribution in [3.63, 3.8) is 0 Å². The van der Waals surface area contributed by atoms with E-state index in [4.69, 9.17) is 15.0 Å². The van der Waals surface area contributed by atoms with Crippen molar-refractivity contribution in [1.82, 2.24) is 10.1 Å². The van der Waals surface area contributed by atoms with Crippen molar-refractivity contribution in [3.8, 4) is 0 Å². The molecule has 0 aromatic carbocycles. The van der Waals surface area contributed by atoms with E-state index >= 15 is 0 Å². The lowest BCUT2D eigenvalue weighted by Gasteiger charge is -2.27. The summed E-state index contributed by atoms with van der Waals surface area (Å²) in [5.74, 6) is 0.543. The normalized spacial score (nSPS) is 17.0. The van der Waals surface area contributed by atoms with E-state index in [9.17, 15) is 0 Å². The van der Waals surface area contributed by atoms with Crippen molar-refractivity contribution in [1.29, 1.82) is 0 Å². The Morgan fingerprint density at radius 1 is 1.50 bits per heavy atom. The van der Waals surface area contributed by atoms with Crippen molar-refractivity contribution in [2.45, 2.75) is 6.54 Å². The highest BCUT2D eigenvalue weighted by atomic mass is 127. The predicted molar refractivity (Wildman–Crippen MR) is 69.6 cm³/mol. The van der Waals surface area contributed by atoms with Gasteiger partial charge in [0.15, 0.2) is 5.96 Å². The van der Waals surface area contributed by atoms with Crippen molar-refractivity contribution in [2.75, 3.05) is 26.3 Å². The number of hydrogen-bond donors (Lipinski definition) is 1. The molecule has 0 aliphatic carbocycles. The number of ether oxygens (including phenoxy) is 1. The first-order chi connectivity index (χ1) is 7.36. The molecule has 1 saturated heterocycles. The molecule has 1 aromatic rings. The number of aliphatic imine (C=N–C) groups is 1. The van der Waals surface area contributed by atoms with Crippen LogP contribution in [-0.2, 0) is 11.3 Å². The molecule has 90 valence electrons. The van der Waals surface area contributed by atoms with Crippen molar-refractivity contribution in [3.05, 3.63) is 18.0 Å². The molecule has 16 heavy (non-hydrogen) atoms. The standard InChI is InChI=1S/C9H14N4O2.HI/c10-9(13-2-5-14-6-3-13)11-7-8-1-4-15-12-8;/h1,4H,2-3,5-7H2,(H2,10,11);1H. The van der Waals surface area contributed by atoms with E-state index in [0.29, 0.717) is 25.7 Å². The predicted octanol–water partition coefficient (Wildman–Crippen LogP) is 0.440. The summed E-state index contributed by atoms with van der Waals surface area (Å²) in [5, 5.41) is 3.75. The minimum Gasteiger partial charge on any atom is -0.378 e. The molecule has 2 heterocycles. The van der Waals surface area contributed by atoms with Crippen LogP contribution in [0.4, 0.5) is 0 Å². The van der Waals surface area contributed by atoms with Crippen LogP contribution in [0, 0.1) is 0 Å². The van der Waals surface area contributed by atoms with Crippen LogP contribution in [0.3, 0.4) is 0 Å². The fourth-order valence-corrected chi connectivity index (χ4v) is 1.37. The van der Waals surface area contributed by atoms with Gasteiger partial charge in [-0.25, -0.2) is 4.99 Å². The molecule has 1 aliphatic rings. The Morgan fingerprint density at radius 3 is 2.88 bits per heavy atom. The topological polar surface area (TPSA) is 76.9 Å². The Balaban J connectivity index is 0.00000128. The Labute approximate surface area is 111 Å². The molecule has 1 aromatic heterocycles. The molecule has 0 radical (unpaired) electrons. The van der Waals surface area contributed by atoms with Crippen LogP contribution in [0.15, 0.2) is 21.8 Å². The number of guanidine groups is 1. The number of nitrogens with zero attached hydrogens (tertiary/aromatic N) is 3. The summed E-state index contributed by atoms with van der Waals surface area (Å²) in [6.45, 7) is 3.47. The molecule has 0 amide bonds. The zero-order valence-corrected chi connectivity index (χ0v) is 11.2. The fraction of sp³-hybridized carbons (Fsp3) is 0.556. The Bertz CT molecular complexity index is 322.